The zero-order valence-electron chi connectivity index (χ0n) is 11.6. The monoisotopic (exact) mass is 308 g/mol. The SMILES string of the molecule is Cn1nccc1CNC(=O)NC(CO)c1ccc(Cl)cc1. The first-order valence-corrected chi connectivity index (χ1v) is 6.85. The number of nitrogens with one attached hydrogen (secondary N) is 2. The molecule has 1 aromatic heterocycles. The van der Waals surface area contributed by atoms with Gasteiger partial charge in [-0.1, -0.05) is 23.7 Å². The molecule has 0 saturated heterocycles. The summed E-state index contributed by atoms with van der Waals surface area (Å²) >= 11 is 5.82. The van der Waals surface area contributed by atoms with Gasteiger partial charge in [-0.25, -0.2) is 4.79 Å². The topological polar surface area (TPSA) is 79.2 Å². The van der Waals surface area contributed by atoms with Gasteiger partial charge in [-0.15, -0.1) is 0 Å². The molecule has 7 heteroatoms. The van der Waals surface area contributed by atoms with Gasteiger partial charge >= 0.3 is 6.03 Å². The largest absolute Gasteiger partial charge is 0.394 e. The van der Waals surface area contributed by atoms with Gasteiger partial charge in [0.15, 0.2) is 0 Å². The van der Waals surface area contributed by atoms with Crippen molar-refractivity contribution in [3.63, 3.8) is 0 Å². The van der Waals surface area contributed by atoms with Gasteiger partial charge in [0.25, 0.3) is 0 Å². The number of aryl methyl sites for hydroxylation is 1. The summed E-state index contributed by atoms with van der Waals surface area (Å²) in [6.07, 6.45) is 1.67. The summed E-state index contributed by atoms with van der Waals surface area (Å²) in [6.45, 7) is 0.169. The number of amides is 2. The Morgan fingerprint density at radius 2 is 2.10 bits per heavy atom. The number of halogens is 1. The third-order valence-corrected chi connectivity index (χ3v) is 3.36. The molecule has 1 heterocycles. The van der Waals surface area contributed by atoms with Crippen molar-refractivity contribution >= 4 is 17.6 Å². The molecule has 6 nitrogen and oxygen atoms in total. The Morgan fingerprint density at radius 3 is 2.67 bits per heavy atom. The van der Waals surface area contributed by atoms with E-state index < -0.39 is 6.04 Å². The van der Waals surface area contributed by atoms with Gasteiger partial charge in [-0.2, -0.15) is 5.10 Å². The number of hydrogen-bond acceptors (Lipinski definition) is 3. The Labute approximate surface area is 127 Å². The molecule has 2 rings (SSSR count). The number of aliphatic hydroxyl groups excluding tert-OH is 1. The second-order valence-corrected chi connectivity index (χ2v) is 5.00. The summed E-state index contributed by atoms with van der Waals surface area (Å²) in [5.74, 6) is 0. The average Bonchev–Trinajstić information content (AvgIpc) is 2.89. The molecule has 0 bridgehead atoms. The number of rotatable bonds is 5. The molecule has 112 valence electrons. The van der Waals surface area contributed by atoms with Crippen molar-refractivity contribution in [3.8, 4) is 0 Å². The van der Waals surface area contributed by atoms with Crippen molar-refractivity contribution in [2.75, 3.05) is 6.61 Å². The van der Waals surface area contributed by atoms with Crippen LogP contribution in [-0.4, -0.2) is 27.5 Å². The third-order valence-electron chi connectivity index (χ3n) is 3.11. The number of benzene rings is 1. The quantitative estimate of drug-likeness (QED) is 0.785. The molecule has 1 unspecified atom stereocenters. The lowest BCUT2D eigenvalue weighted by Gasteiger charge is -2.17. The average molecular weight is 309 g/mol. The first-order chi connectivity index (χ1) is 10.1. The molecule has 0 fully saturated rings. The summed E-state index contributed by atoms with van der Waals surface area (Å²) in [5.41, 5.74) is 1.68. The summed E-state index contributed by atoms with van der Waals surface area (Å²) < 4.78 is 1.68. The van der Waals surface area contributed by atoms with Gasteiger partial charge in [0.1, 0.15) is 0 Å². The molecule has 0 aliphatic carbocycles. The predicted molar refractivity (Wildman–Crippen MR) is 79.9 cm³/mol. The van der Waals surface area contributed by atoms with E-state index >= 15 is 0 Å². The van der Waals surface area contributed by atoms with Crippen LogP contribution in [0.1, 0.15) is 17.3 Å². The van der Waals surface area contributed by atoms with Gasteiger partial charge in [-0.05, 0) is 23.8 Å². The van der Waals surface area contributed by atoms with E-state index in [-0.39, 0.29) is 12.6 Å². The number of carbonyl (C=O) groups is 1. The highest BCUT2D eigenvalue weighted by molar-refractivity contribution is 6.30. The second kappa shape index (κ2) is 7.10. The summed E-state index contributed by atoms with van der Waals surface area (Å²) in [7, 11) is 1.80. The van der Waals surface area contributed by atoms with Gasteiger partial charge in [-0.3, -0.25) is 4.68 Å². The number of hydrogen-bond donors (Lipinski definition) is 3. The van der Waals surface area contributed by atoms with Crippen molar-refractivity contribution in [1.29, 1.82) is 0 Å². The summed E-state index contributed by atoms with van der Waals surface area (Å²) in [5, 5.41) is 19.5. The second-order valence-electron chi connectivity index (χ2n) is 4.56. The van der Waals surface area contributed by atoms with Gasteiger partial charge in [0, 0.05) is 18.3 Å². The normalized spacial score (nSPS) is 12.0. The van der Waals surface area contributed by atoms with E-state index in [1.54, 1.807) is 42.2 Å². The van der Waals surface area contributed by atoms with Crippen molar-refractivity contribution in [2.24, 2.45) is 7.05 Å². The zero-order chi connectivity index (χ0) is 15.2. The molecule has 0 spiro atoms. The van der Waals surface area contributed by atoms with Crippen LogP contribution in [0.3, 0.4) is 0 Å². The highest BCUT2D eigenvalue weighted by atomic mass is 35.5. The van der Waals surface area contributed by atoms with Gasteiger partial charge in [0.05, 0.1) is 24.9 Å². The predicted octanol–water partition coefficient (Wildman–Crippen LogP) is 1.61. The summed E-state index contributed by atoms with van der Waals surface area (Å²) in [4.78, 5) is 11.9. The Kier molecular flexibility index (Phi) is 5.19. The molecule has 3 N–H and O–H groups in total. The minimum atomic E-state index is -0.478. The Morgan fingerprint density at radius 1 is 1.38 bits per heavy atom. The third kappa shape index (κ3) is 4.21. The van der Waals surface area contributed by atoms with Crippen LogP contribution in [0.25, 0.3) is 0 Å². The van der Waals surface area contributed by atoms with Crippen molar-refractivity contribution in [2.45, 2.75) is 12.6 Å². The molecule has 2 aromatic rings. The Hall–Kier alpha value is -2.05. The van der Waals surface area contributed by atoms with Crippen LogP contribution in [-0.2, 0) is 13.6 Å². The van der Waals surface area contributed by atoms with Gasteiger partial charge < -0.3 is 15.7 Å². The van der Waals surface area contributed by atoms with Gasteiger partial charge in [0.2, 0.25) is 0 Å². The molecular formula is C14H17ClN4O2. The lowest BCUT2D eigenvalue weighted by Crippen LogP contribution is -2.39. The van der Waals surface area contributed by atoms with Crippen LogP contribution < -0.4 is 10.6 Å². The van der Waals surface area contributed by atoms with E-state index in [4.69, 9.17) is 11.6 Å². The van der Waals surface area contributed by atoms with Crippen LogP contribution in [0.5, 0.6) is 0 Å². The van der Waals surface area contributed by atoms with Crippen LogP contribution in [0, 0.1) is 0 Å². The van der Waals surface area contributed by atoms with Crippen LogP contribution in [0.4, 0.5) is 4.79 Å². The standard InChI is InChI=1S/C14H17ClN4O2/c1-19-12(6-7-17-19)8-16-14(21)18-13(9-20)10-2-4-11(15)5-3-10/h2-7,13,20H,8-9H2,1H3,(H2,16,18,21). The van der Waals surface area contributed by atoms with Crippen molar-refractivity contribution in [3.05, 3.63) is 52.8 Å². The highest BCUT2D eigenvalue weighted by Gasteiger charge is 2.13. The molecular weight excluding hydrogens is 292 g/mol. The minimum Gasteiger partial charge on any atom is -0.394 e. The van der Waals surface area contributed by atoms with Crippen LogP contribution >= 0.6 is 11.6 Å². The van der Waals surface area contributed by atoms with E-state index in [9.17, 15) is 9.90 Å². The molecule has 21 heavy (non-hydrogen) atoms. The molecule has 1 aromatic carbocycles. The number of aliphatic hydroxyl groups is 1. The first kappa shape index (κ1) is 15.3. The lowest BCUT2D eigenvalue weighted by atomic mass is 10.1. The number of carbonyl (C=O) groups excluding carboxylic acids is 1. The van der Waals surface area contributed by atoms with E-state index in [0.29, 0.717) is 11.6 Å². The van der Waals surface area contributed by atoms with E-state index in [2.05, 4.69) is 15.7 Å². The van der Waals surface area contributed by atoms with Crippen molar-refractivity contribution < 1.29 is 9.90 Å². The number of urea groups is 1. The van der Waals surface area contributed by atoms with E-state index in [1.165, 1.54) is 0 Å². The fourth-order valence-electron chi connectivity index (χ4n) is 1.88. The fraction of sp³-hybridized carbons (Fsp3) is 0.286. The lowest BCUT2D eigenvalue weighted by molar-refractivity contribution is 0.216. The molecule has 2 amide bonds. The Bertz CT molecular complexity index is 597. The maximum atomic E-state index is 11.9. The maximum absolute atomic E-state index is 11.9. The molecule has 0 saturated carbocycles. The molecule has 0 aliphatic rings. The highest BCUT2D eigenvalue weighted by Crippen LogP contribution is 2.16. The Balaban J connectivity index is 1.90. The van der Waals surface area contributed by atoms with E-state index in [0.717, 1.165) is 11.3 Å². The van der Waals surface area contributed by atoms with Crippen LogP contribution in [0.15, 0.2) is 36.5 Å². The fourth-order valence-corrected chi connectivity index (χ4v) is 2.01. The molecule has 0 aliphatic heterocycles. The maximum Gasteiger partial charge on any atom is 0.315 e. The molecule has 0 radical (unpaired) electrons. The smallest absolute Gasteiger partial charge is 0.315 e. The number of nitrogens with zero attached hydrogens (tertiary/aromatic N) is 2. The summed E-state index contributed by atoms with van der Waals surface area (Å²) in [6, 6.07) is 7.96. The van der Waals surface area contributed by atoms with E-state index in [1.807, 2.05) is 6.07 Å². The van der Waals surface area contributed by atoms with Crippen molar-refractivity contribution in [1.82, 2.24) is 20.4 Å². The zero-order valence-corrected chi connectivity index (χ0v) is 12.3. The minimum absolute atomic E-state index is 0.194. The number of aromatic nitrogens is 2. The first-order valence-electron chi connectivity index (χ1n) is 6.47. The van der Waals surface area contributed by atoms with Crippen LogP contribution in [0.2, 0.25) is 5.02 Å². The molecule has 1 atom stereocenters.